The molecule has 15 heavy (non-hydrogen) atoms. The van der Waals surface area contributed by atoms with Crippen molar-refractivity contribution in [1.29, 1.82) is 0 Å². The first-order valence-electron chi connectivity index (χ1n) is 4.72. The van der Waals surface area contributed by atoms with E-state index >= 15 is 0 Å². The number of aromatic hydroxyl groups is 1. The molecule has 0 aliphatic heterocycles. The summed E-state index contributed by atoms with van der Waals surface area (Å²) in [4.78, 5) is 11.4. The van der Waals surface area contributed by atoms with Crippen LogP contribution in [0.5, 0.6) is 5.75 Å². The Bertz CT molecular complexity index is 352. The number of phenolic OH excluding ortho intramolecular Hbond substituents is 1. The first-order valence-corrected chi connectivity index (χ1v) is 6.11. The molecule has 0 aromatic heterocycles. The number of hydrogen-bond donors (Lipinski definition) is 2. The number of benzene rings is 1. The molecular weight excluding hydrogens is 210 g/mol. The van der Waals surface area contributed by atoms with Gasteiger partial charge in [0.05, 0.1) is 0 Å². The van der Waals surface area contributed by atoms with E-state index in [0.29, 0.717) is 6.42 Å². The second kappa shape index (κ2) is 5.66. The van der Waals surface area contributed by atoms with Crippen LogP contribution in [0.2, 0.25) is 0 Å². The lowest BCUT2D eigenvalue weighted by Crippen LogP contribution is -2.12. The van der Waals surface area contributed by atoms with Gasteiger partial charge in [0.2, 0.25) is 5.91 Å². The van der Waals surface area contributed by atoms with Gasteiger partial charge in [-0.1, -0.05) is 0 Å². The van der Waals surface area contributed by atoms with E-state index in [1.165, 1.54) is 0 Å². The number of carbonyl (C=O) groups excluding carboxylic acids is 1. The van der Waals surface area contributed by atoms with Crippen molar-refractivity contribution in [3.8, 4) is 5.75 Å². The Kier molecular flexibility index (Phi) is 4.49. The third-order valence-corrected chi connectivity index (χ3v) is 2.63. The van der Waals surface area contributed by atoms with Crippen LogP contribution in [0.3, 0.4) is 0 Å². The monoisotopic (exact) mass is 225 g/mol. The Labute approximate surface area is 93.9 Å². The van der Waals surface area contributed by atoms with Crippen molar-refractivity contribution >= 4 is 23.4 Å². The molecule has 0 fully saturated rings. The molecule has 1 rings (SSSR count). The zero-order valence-electron chi connectivity index (χ0n) is 8.91. The summed E-state index contributed by atoms with van der Waals surface area (Å²) >= 11 is 1.65. The quantitative estimate of drug-likeness (QED) is 0.773. The fourth-order valence-corrected chi connectivity index (χ4v) is 1.54. The molecule has 0 saturated carbocycles. The van der Waals surface area contributed by atoms with Crippen molar-refractivity contribution < 1.29 is 9.90 Å². The van der Waals surface area contributed by atoms with Gasteiger partial charge in [0.25, 0.3) is 0 Å². The lowest BCUT2D eigenvalue weighted by Gasteiger charge is -2.06. The van der Waals surface area contributed by atoms with E-state index in [1.807, 2.05) is 6.26 Å². The van der Waals surface area contributed by atoms with Crippen LogP contribution in [0.15, 0.2) is 18.2 Å². The Hall–Kier alpha value is -1.16. The Balaban J connectivity index is 2.57. The van der Waals surface area contributed by atoms with Crippen molar-refractivity contribution in [2.24, 2.45) is 0 Å². The molecule has 0 aliphatic rings. The second-order valence-electron chi connectivity index (χ2n) is 3.29. The van der Waals surface area contributed by atoms with Crippen molar-refractivity contribution in [3.05, 3.63) is 23.8 Å². The van der Waals surface area contributed by atoms with Crippen molar-refractivity contribution in [3.63, 3.8) is 0 Å². The fraction of sp³-hybridized carbons (Fsp3) is 0.364. The Morgan fingerprint density at radius 2 is 2.27 bits per heavy atom. The Morgan fingerprint density at radius 1 is 1.53 bits per heavy atom. The number of aryl methyl sites for hydroxylation is 1. The summed E-state index contributed by atoms with van der Waals surface area (Å²) < 4.78 is 0. The minimum absolute atomic E-state index is 0.00874. The summed E-state index contributed by atoms with van der Waals surface area (Å²) in [6.07, 6.45) is 2.49. The molecular formula is C11H15NO2S. The van der Waals surface area contributed by atoms with Gasteiger partial charge in [-0.3, -0.25) is 4.79 Å². The summed E-state index contributed by atoms with van der Waals surface area (Å²) in [7, 11) is 0. The van der Waals surface area contributed by atoms with Crippen molar-refractivity contribution in [1.82, 2.24) is 0 Å². The molecule has 1 aromatic rings. The van der Waals surface area contributed by atoms with Crippen LogP contribution in [0.1, 0.15) is 12.0 Å². The maximum Gasteiger partial charge on any atom is 0.225 e. The summed E-state index contributed by atoms with van der Waals surface area (Å²) in [5.41, 5.74) is 1.49. The highest BCUT2D eigenvalue weighted by Gasteiger charge is 2.03. The number of nitrogens with one attached hydrogen (secondary N) is 1. The number of phenols is 1. The molecule has 0 saturated heterocycles. The summed E-state index contributed by atoms with van der Waals surface area (Å²) in [5.74, 6) is 1.08. The third kappa shape index (κ3) is 3.83. The maximum atomic E-state index is 11.4. The molecule has 0 bridgehead atoms. The molecule has 0 atom stereocenters. The minimum atomic E-state index is 0.00874. The van der Waals surface area contributed by atoms with E-state index in [0.717, 1.165) is 17.0 Å². The van der Waals surface area contributed by atoms with E-state index in [9.17, 15) is 9.90 Å². The van der Waals surface area contributed by atoms with E-state index in [2.05, 4.69) is 5.32 Å². The lowest BCUT2D eigenvalue weighted by molar-refractivity contribution is -0.115. The average molecular weight is 225 g/mol. The van der Waals surface area contributed by atoms with Gasteiger partial charge < -0.3 is 10.4 Å². The van der Waals surface area contributed by atoms with E-state index < -0.39 is 0 Å². The van der Waals surface area contributed by atoms with Crippen molar-refractivity contribution in [2.45, 2.75) is 13.3 Å². The number of hydrogen-bond acceptors (Lipinski definition) is 3. The molecule has 1 aromatic carbocycles. The average Bonchev–Trinajstić information content (AvgIpc) is 2.20. The van der Waals surface area contributed by atoms with Crippen LogP contribution >= 0.6 is 11.8 Å². The molecule has 4 heteroatoms. The smallest absolute Gasteiger partial charge is 0.225 e. The number of carbonyl (C=O) groups is 1. The molecule has 0 unspecified atom stereocenters. The van der Waals surface area contributed by atoms with Crippen LogP contribution < -0.4 is 5.32 Å². The molecule has 82 valence electrons. The summed E-state index contributed by atoms with van der Waals surface area (Å²) in [6.45, 7) is 1.80. The van der Waals surface area contributed by atoms with E-state index in [-0.39, 0.29) is 11.7 Å². The first kappa shape index (κ1) is 11.9. The van der Waals surface area contributed by atoms with E-state index in [1.54, 1.807) is 36.9 Å². The molecule has 3 nitrogen and oxygen atoms in total. The zero-order chi connectivity index (χ0) is 11.3. The number of thioether (sulfide) groups is 1. The number of anilines is 1. The predicted octanol–water partition coefficient (Wildman–Crippen LogP) is 2.39. The molecule has 0 radical (unpaired) electrons. The van der Waals surface area contributed by atoms with Crippen LogP contribution in [-0.2, 0) is 4.79 Å². The predicted molar refractivity (Wildman–Crippen MR) is 64.5 cm³/mol. The minimum Gasteiger partial charge on any atom is -0.508 e. The third-order valence-electron chi connectivity index (χ3n) is 2.01. The van der Waals surface area contributed by atoms with Crippen LogP contribution in [-0.4, -0.2) is 23.0 Å². The fourth-order valence-electron chi connectivity index (χ4n) is 1.15. The largest absolute Gasteiger partial charge is 0.508 e. The van der Waals surface area contributed by atoms with Crippen LogP contribution in [0, 0.1) is 6.92 Å². The molecule has 0 spiro atoms. The molecule has 1 amide bonds. The highest BCUT2D eigenvalue weighted by Crippen LogP contribution is 2.20. The van der Waals surface area contributed by atoms with Crippen molar-refractivity contribution in [2.75, 3.05) is 17.3 Å². The number of rotatable bonds is 4. The molecule has 0 aliphatic carbocycles. The first-order chi connectivity index (χ1) is 7.13. The molecule has 2 N–H and O–H groups in total. The summed E-state index contributed by atoms with van der Waals surface area (Å²) in [5, 5.41) is 12.1. The van der Waals surface area contributed by atoms with Gasteiger partial charge in [-0.2, -0.15) is 11.8 Å². The maximum absolute atomic E-state index is 11.4. The van der Waals surface area contributed by atoms with Gasteiger partial charge in [-0.05, 0) is 36.9 Å². The van der Waals surface area contributed by atoms with Gasteiger partial charge in [0.1, 0.15) is 5.75 Å². The molecule has 0 heterocycles. The van der Waals surface area contributed by atoms with Gasteiger partial charge in [0.15, 0.2) is 0 Å². The topological polar surface area (TPSA) is 49.3 Å². The second-order valence-corrected chi connectivity index (χ2v) is 4.28. The van der Waals surface area contributed by atoms with Gasteiger partial charge in [0, 0.05) is 17.9 Å². The van der Waals surface area contributed by atoms with Gasteiger partial charge in [-0.15, -0.1) is 0 Å². The van der Waals surface area contributed by atoms with E-state index in [4.69, 9.17) is 0 Å². The normalized spacial score (nSPS) is 10.0. The highest BCUT2D eigenvalue weighted by molar-refractivity contribution is 7.98. The standard InChI is InChI=1S/C11H15NO2S/c1-8-7-9(3-4-10(8)13)12-11(14)5-6-15-2/h3-4,7,13H,5-6H2,1-2H3,(H,12,14). The zero-order valence-corrected chi connectivity index (χ0v) is 9.73. The SMILES string of the molecule is CSCCC(=O)Nc1ccc(O)c(C)c1. The van der Waals surface area contributed by atoms with Gasteiger partial charge >= 0.3 is 0 Å². The van der Waals surface area contributed by atoms with Crippen LogP contribution in [0.4, 0.5) is 5.69 Å². The van der Waals surface area contributed by atoms with Crippen LogP contribution in [0.25, 0.3) is 0 Å². The lowest BCUT2D eigenvalue weighted by atomic mass is 10.2. The Morgan fingerprint density at radius 3 is 2.87 bits per heavy atom. The number of amides is 1. The summed E-state index contributed by atoms with van der Waals surface area (Å²) in [6, 6.07) is 5.03. The highest BCUT2D eigenvalue weighted by atomic mass is 32.2. The van der Waals surface area contributed by atoms with Gasteiger partial charge in [-0.25, -0.2) is 0 Å².